The molecule has 1 heterocycles. The zero-order valence-corrected chi connectivity index (χ0v) is 15.7. The fourth-order valence-corrected chi connectivity index (χ4v) is 2.80. The molecule has 3 rings (SSSR count). The van der Waals surface area contributed by atoms with E-state index in [2.05, 4.69) is 21.2 Å². The minimum Gasteiger partial charge on any atom is -0.444 e. The number of rotatable bonds is 4. The summed E-state index contributed by atoms with van der Waals surface area (Å²) >= 11 is 0. The van der Waals surface area contributed by atoms with Crippen LogP contribution in [0.1, 0.15) is 43.8 Å². The van der Waals surface area contributed by atoms with Crippen molar-refractivity contribution in [3.05, 3.63) is 65.5 Å². The lowest BCUT2D eigenvalue weighted by molar-refractivity contribution is 0.0501. The van der Waals surface area contributed by atoms with Gasteiger partial charge in [-0.3, -0.25) is 0 Å². The summed E-state index contributed by atoms with van der Waals surface area (Å²) in [5.74, 6) is 3.28. The second kappa shape index (κ2) is 7.55. The third kappa shape index (κ3) is 4.89. The fourth-order valence-electron chi connectivity index (χ4n) is 2.80. The van der Waals surface area contributed by atoms with Gasteiger partial charge in [-0.25, -0.2) is 9.78 Å². The normalized spacial score (nSPS) is 12.4. The van der Waals surface area contributed by atoms with Crippen LogP contribution in [-0.4, -0.2) is 21.7 Å². The van der Waals surface area contributed by atoms with Crippen molar-refractivity contribution in [2.45, 2.75) is 38.8 Å². The van der Waals surface area contributed by atoms with E-state index < -0.39 is 11.7 Å². The highest BCUT2D eigenvalue weighted by atomic mass is 16.6. The number of terminal acetylenes is 1. The Hall–Kier alpha value is -3.26. The molecule has 1 atom stereocenters. The predicted octanol–water partition coefficient (Wildman–Crippen LogP) is 4.35. The van der Waals surface area contributed by atoms with Gasteiger partial charge in [0.15, 0.2) is 0 Å². The van der Waals surface area contributed by atoms with Crippen molar-refractivity contribution in [2.75, 3.05) is 0 Å². The van der Waals surface area contributed by atoms with Gasteiger partial charge in [0, 0.05) is 12.0 Å². The summed E-state index contributed by atoms with van der Waals surface area (Å²) in [5, 5.41) is 2.93. The van der Waals surface area contributed by atoms with E-state index in [1.54, 1.807) is 0 Å². The van der Waals surface area contributed by atoms with Gasteiger partial charge in [0.1, 0.15) is 11.4 Å². The molecule has 0 fully saturated rings. The zero-order valence-electron chi connectivity index (χ0n) is 15.7. The van der Waals surface area contributed by atoms with Gasteiger partial charge in [-0.05, 0) is 44.5 Å². The van der Waals surface area contributed by atoms with Crippen molar-refractivity contribution < 1.29 is 9.53 Å². The molecular formula is C22H23N3O2. The number of fused-ring (bicyclic) bond motifs is 1. The SMILES string of the molecule is C#Cc1ccc2nc(C(Cc3ccccc3)NC(=O)OC(C)(C)C)[nH]c2c1. The van der Waals surface area contributed by atoms with Crippen LogP contribution in [0.2, 0.25) is 0 Å². The van der Waals surface area contributed by atoms with E-state index in [-0.39, 0.29) is 6.04 Å². The summed E-state index contributed by atoms with van der Waals surface area (Å²) in [6, 6.07) is 15.2. The van der Waals surface area contributed by atoms with Crippen LogP contribution in [0.5, 0.6) is 0 Å². The molecule has 0 aliphatic carbocycles. The first-order valence-corrected chi connectivity index (χ1v) is 8.84. The molecule has 5 nitrogen and oxygen atoms in total. The smallest absolute Gasteiger partial charge is 0.408 e. The quantitative estimate of drug-likeness (QED) is 0.679. The van der Waals surface area contributed by atoms with Gasteiger partial charge in [0.2, 0.25) is 0 Å². The van der Waals surface area contributed by atoms with E-state index in [4.69, 9.17) is 11.2 Å². The molecule has 27 heavy (non-hydrogen) atoms. The number of benzene rings is 2. The third-order valence-corrected chi connectivity index (χ3v) is 3.97. The van der Waals surface area contributed by atoms with Crippen LogP contribution in [0, 0.1) is 12.3 Å². The van der Waals surface area contributed by atoms with Crippen LogP contribution < -0.4 is 5.32 Å². The maximum atomic E-state index is 12.3. The van der Waals surface area contributed by atoms with Crippen molar-refractivity contribution in [1.82, 2.24) is 15.3 Å². The minimum atomic E-state index is -0.572. The molecule has 138 valence electrons. The number of aromatic amines is 1. The lowest BCUT2D eigenvalue weighted by atomic mass is 10.1. The van der Waals surface area contributed by atoms with E-state index in [9.17, 15) is 4.79 Å². The Kier molecular flexibility index (Phi) is 5.18. The Morgan fingerprint density at radius 3 is 2.67 bits per heavy atom. The summed E-state index contributed by atoms with van der Waals surface area (Å²) in [6.07, 6.45) is 5.58. The van der Waals surface area contributed by atoms with Crippen LogP contribution in [0.25, 0.3) is 11.0 Å². The summed E-state index contributed by atoms with van der Waals surface area (Å²) in [5.41, 5.74) is 2.93. The summed E-state index contributed by atoms with van der Waals surface area (Å²) in [7, 11) is 0. The second-order valence-corrected chi connectivity index (χ2v) is 7.39. The van der Waals surface area contributed by atoms with Crippen LogP contribution in [0.3, 0.4) is 0 Å². The molecule has 1 unspecified atom stereocenters. The van der Waals surface area contributed by atoms with Crippen LogP contribution in [0.15, 0.2) is 48.5 Å². The summed E-state index contributed by atoms with van der Waals surface area (Å²) < 4.78 is 5.42. The molecule has 0 saturated heterocycles. The number of amides is 1. The van der Waals surface area contributed by atoms with E-state index in [0.717, 1.165) is 22.2 Å². The van der Waals surface area contributed by atoms with E-state index in [0.29, 0.717) is 12.2 Å². The number of hydrogen-bond acceptors (Lipinski definition) is 3. The standard InChI is InChI=1S/C22H23N3O2/c1-5-15-11-12-17-18(13-15)24-20(23-17)19(14-16-9-7-6-8-10-16)25-21(26)27-22(2,3)4/h1,6-13,19H,14H2,2-4H3,(H,23,24)(H,25,26). The molecule has 2 aromatic carbocycles. The zero-order chi connectivity index (χ0) is 19.4. The molecule has 2 N–H and O–H groups in total. The predicted molar refractivity (Wildman–Crippen MR) is 106 cm³/mol. The summed E-state index contributed by atoms with van der Waals surface area (Å²) in [6.45, 7) is 5.50. The van der Waals surface area contributed by atoms with Crippen LogP contribution >= 0.6 is 0 Å². The largest absolute Gasteiger partial charge is 0.444 e. The molecular weight excluding hydrogens is 338 g/mol. The number of nitrogens with zero attached hydrogens (tertiary/aromatic N) is 1. The van der Waals surface area contributed by atoms with Crippen molar-refractivity contribution in [3.63, 3.8) is 0 Å². The Labute approximate surface area is 159 Å². The first kappa shape index (κ1) is 18.5. The number of hydrogen-bond donors (Lipinski definition) is 2. The fraction of sp³-hybridized carbons (Fsp3) is 0.273. The van der Waals surface area contributed by atoms with Gasteiger partial charge in [-0.2, -0.15) is 0 Å². The number of H-pyrrole nitrogens is 1. The molecule has 0 spiro atoms. The van der Waals surface area contributed by atoms with Gasteiger partial charge in [0.05, 0.1) is 17.1 Å². The molecule has 1 aromatic heterocycles. The lowest BCUT2D eigenvalue weighted by Gasteiger charge is -2.23. The first-order chi connectivity index (χ1) is 12.8. The van der Waals surface area contributed by atoms with Gasteiger partial charge in [0.25, 0.3) is 0 Å². The number of nitrogens with one attached hydrogen (secondary N) is 2. The van der Waals surface area contributed by atoms with Crippen molar-refractivity contribution in [1.29, 1.82) is 0 Å². The molecule has 0 radical (unpaired) electrons. The molecule has 0 saturated carbocycles. The van der Waals surface area contributed by atoms with E-state index in [1.165, 1.54) is 0 Å². The minimum absolute atomic E-state index is 0.357. The molecule has 5 heteroatoms. The monoisotopic (exact) mass is 361 g/mol. The molecule has 0 aliphatic heterocycles. The first-order valence-electron chi connectivity index (χ1n) is 8.84. The Bertz CT molecular complexity index is 978. The topological polar surface area (TPSA) is 67.0 Å². The Morgan fingerprint density at radius 1 is 1.26 bits per heavy atom. The number of carbonyl (C=O) groups is 1. The highest BCUT2D eigenvalue weighted by molar-refractivity contribution is 5.77. The van der Waals surface area contributed by atoms with Crippen molar-refractivity contribution >= 4 is 17.1 Å². The van der Waals surface area contributed by atoms with E-state index >= 15 is 0 Å². The molecule has 1 amide bonds. The van der Waals surface area contributed by atoms with Crippen molar-refractivity contribution in [3.8, 4) is 12.3 Å². The number of imidazole rings is 1. The maximum absolute atomic E-state index is 12.3. The number of ether oxygens (including phenoxy) is 1. The van der Waals surface area contributed by atoms with Gasteiger partial charge in [-0.1, -0.05) is 36.3 Å². The molecule has 3 aromatic rings. The number of aromatic nitrogens is 2. The molecule has 0 aliphatic rings. The third-order valence-electron chi connectivity index (χ3n) is 3.97. The van der Waals surface area contributed by atoms with Crippen molar-refractivity contribution in [2.24, 2.45) is 0 Å². The lowest BCUT2D eigenvalue weighted by Crippen LogP contribution is -2.36. The summed E-state index contributed by atoms with van der Waals surface area (Å²) in [4.78, 5) is 20.3. The number of carbonyl (C=O) groups excluding carboxylic acids is 1. The van der Waals surface area contributed by atoms with Crippen LogP contribution in [-0.2, 0) is 11.2 Å². The van der Waals surface area contributed by atoms with Gasteiger partial charge < -0.3 is 15.0 Å². The second-order valence-electron chi connectivity index (χ2n) is 7.39. The average molecular weight is 361 g/mol. The molecule has 0 bridgehead atoms. The van der Waals surface area contributed by atoms with Crippen LogP contribution in [0.4, 0.5) is 4.79 Å². The highest BCUT2D eigenvalue weighted by Gasteiger charge is 2.23. The average Bonchev–Trinajstić information content (AvgIpc) is 3.03. The Morgan fingerprint density at radius 2 is 2.00 bits per heavy atom. The highest BCUT2D eigenvalue weighted by Crippen LogP contribution is 2.21. The maximum Gasteiger partial charge on any atom is 0.408 e. The number of alkyl carbamates (subject to hydrolysis) is 1. The Balaban J connectivity index is 1.91. The van der Waals surface area contributed by atoms with Gasteiger partial charge >= 0.3 is 6.09 Å². The van der Waals surface area contributed by atoms with E-state index in [1.807, 2.05) is 69.3 Å². The van der Waals surface area contributed by atoms with Gasteiger partial charge in [-0.15, -0.1) is 6.42 Å².